The Balaban J connectivity index is 0.988. The number of alkyl carbamates (subject to hydrolysis) is 1. The van der Waals surface area contributed by atoms with Crippen LogP contribution in [0.15, 0.2) is 91.5 Å². The van der Waals surface area contributed by atoms with E-state index in [9.17, 15) is 14.4 Å². The lowest BCUT2D eigenvalue weighted by atomic mass is 9.92. The predicted octanol–water partition coefficient (Wildman–Crippen LogP) is 6.24. The van der Waals surface area contributed by atoms with E-state index < -0.39 is 36.1 Å². The molecule has 0 radical (unpaired) electrons. The maximum atomic E-state index is 13.1. The number of hydrogen-bond acceptors (Lipinski definition) is 8. The van der Waals surface area contributed by atoms with Crippen LogP contribution in [0.3, 0.4) is 0 Å². The molecule has 2 heterocycles. The van der Waals surface area contributed by atoms with E-state index in [-0.39, 0.29) is 50.8 Å². The number of carbonyl (C=O) groups is 3. The molecule has 2 aliphatic heterocycles. The van der Waals surface area contributed by atoms with Gasteiger partial charge in [0, 0.05) is 18.8 Å². The number of Topliss-reactive ketones (excluding diaryl/α,β-unsaturated/α-hetero) is 1. The van der Waals surface area contributed by atoms with Gasteiger partial charge in [-0.2, -0.15) is 0 Å². The molecule has 1 spiro atoms. The molecule has 3 aromatic rings. The van der Waals surface area contributed by atoms with Crippen LogP contribution in [-0.2, 0) is 39.9 Å². The maximum Gasteiger partial charge on any atom is 0.407 e. The monoisotopic (exact) mass is 639 g/mol. The zero-order chi connectivity index (χ0) is 32.6. The van der Waals surface area contributed by atoms with Crippen LogP contribution in [0.25, 0.3) is 11.1 Å². The molecule has 4 atom stereocenters. The Kier molecular flexibility index (Phi) is 10.5. The van der Waals surface area contributed by atoms with Gasteiger partial charge in [-0.3, -0.25) is 4.79 Å². The molecule has 3 aromatic carbocycles. The van der Waals surface area contributed by atoms with Crippen molar-refractivity contribution in [3.63, 3.8) is 0 Å². The number of ketones is 1. The van der Waals surface area contributed by atoms with E-state index >= 15 is 0 Å². The molecular formula is C38H41NO8. The second-order valence-electron chi connectivity index (χ2n) is 12.4. The van der Waals surface area contributed by atoms with Crippen LogP contribution >= 0.6 is 0 Å². The molecule has 0 saturated carbocycles. The predicted molar refractivity (Wildman–Crippen MR) is 174 cm³/mol. The molecule has 0 unspecified atom stereocenters. The van der Waals surface area contributed by atoms with Crippen molar-refractivity contribution in [3.05, 3.63) is 108 Å². The summed E-state index contributed by atoms with van der Waals surface area (Å²) in [6.45, 7) is 4.52. The van der Waals surface area contributed by atoms with E-state index in [1.807, 2.05) is 66.7 Å². The van der Waals surface area contributed by atoms with E-state index in [1.165, 1.54) is 0 Å². The zero-order valence-corrected chi connectivity index (χ0v) is 26.4. The number of carbonyl (C=O) groups excluding carboxylic acids is 3. The standard InChI is InChI=1S/C38H41NO8/c1-2-11-35(39-37(42)45-25-34-32-17-8-6-15-30(32)31-16-7-9-18-33(31)34)36(41)44-24-28-14-10-19-38(46-28)21-27(40)20-29(47-38)23-43-22-26-12-4-3-5-13-26/h2-9,12-13,15-18,28-29,34-35H,1,10-11,14,19-25H2,(H,39,42)/t28-,29-,35-,38-/m0/s1. The zero-order valence-electron chi connectivity index (χ0n) is 26.4. The van der Waals surface area contributed by atoms with E-state index in [2.05, 4.69) is 24.0 Å². The van der Waals surface area contributed by atoms with Crippen molar-refractivity contribution in [2.75, 3.05) is 19.8 Å². The summed E-state index contributed by atoms with van der Waals surface area (Å²) in [5.41, 5.74) is 5.51. The van der Waals surface area contributed by atoms with Crippen molar-refractivity contribution in [2.24, 2.45) is 0 Å². The third kappa shape index (κ3) is 7.99. The van der Waals surface area contributed by atoms with Crippen LogP contribution in [0.5, 0.6) is 0 Å². The van der Waals surface area contributed by atoms with Crippen LogP contribution < -0.4 is 5.32 Å². The Labute approximate surface area is 275 Å². The lowest BCUT2D eigenvalue weighted by Gasteiger charge is -2.45. The summed E-state index contributed by atoms with van der Waals surface area (Å²) in [4.78, 5) is 38.7. The minimum atomic E-state index is -1.06. The summed E-state index contributed by atoms with van der Waals surface area (Å²) in [6, 6.07) is 25.0. The third-order valence-corrected chi connectivity index (χ3v) is 8.92. The van der Waals surface area contributed by atoms with Crippen molar-refractivity contribution >= 4 is 17.8 Å². The van der Waals surface area contributed by atoms with Gasteiger partial charge < -0.3 is 29.0 Å². The first-order chi connectivity index (χ1) is 22.9. The first-order valence-electron chi connectivity index (χ1n) is 16.3. The number of rotatable bonds is 12. The summed E-state index contributed by atoms with van der Waals surface area (Å²) >= 11 is 0. The van der Waals surface area contributed by atoms with Gasteiger partial charge in [0.2, 0.25) is 0 Å². The van der Waals surface area contributed by atoms with E-state index in [0.29, 0.717) is 19.4 Å². The smallest absolute Gasteiger partial charge is 0.407 e. The molecule has 2 fully saturated rings. The highest BCUT2D eigenvalue weighted by atomic mass is 16.7. The molecule has 1 aliphatic carbocycles. The molecule has 6 rings (SSSR count). The van der Waals surface area contributed by atoms with Crippen molar-refractivity contribution < 1.29 is 38.1 Å². The summed E-state index contributed by atoms with van der Waals surface area (Å²) in [7, 11) is 0. The van der Waals surface area contributed by atoms with Gasteiger partial charge in [0.25, 0.3) is 0 Å². The van der Waals surface area contributed by atoms with E-state index in [0.717, 1.165) is 34.2 Å². The molecule has 0 aromatic heterocycles. The van der Waals surface area contributed by atoms with Crippen LogP contribution in [0, 0.1) is 0 Å². The number of ether oxygens (including phenoxy) is 5. The average Bonchev–Trinajstić information content (AvgIpc) is 3.40. The van der Waals surface area contributed by atoms with Gasteiger partial charge in [-0.25, -0.2) is 9.59 Å². The molecule has 3 aliphatic rings. The van der Waals surface area contributed by atoms with Gasteiger partial charge in [-0.1, -0.05) is 84.9 Å². The Bertz CT molecular complexity index is 1530. The molecule has 1 N–H and O–H groups in total. The first kappa shape index (κ1) is 32.6. The Hall–Kier alpha value is -4.31. The quantitative estimate of drug-likeness (QED) is 0.183. The Morgan fingerprint density at radius 3 is 2.30 bits per heavy atom. The number of nitrogens with one attached hydrogen (secondary N) is 1. The van der Waals surface area contributed by atoms with Crippen molar-refractivity contribution in [3.8, 4) is 11.1 Å². The minimum Gasteiger partial charge on any atom is -0.461 e. The molecular weight excluding hydrogens is 598 g/mol. The number of fused-ring (bicyclic) bond motifs is 3. The van der Waals surface area contributed by atoms with Crippen LogP contribution in [0.2, 0.25) is 0 Å². The van der Waals surface area contributed by atoms with Gasteiger partial charge in [-0.05, 0) is 47.1 Å². The maximum absolute atomic E-state index is 13.1. The van der Waals surface area contributed by atoms with Gasteiger partial charge in [0.1, 0.15) is 25.0 Å². The molecule has 246 valence electrons. The van der Waals surface area contributed by atoms with Gasteiger partial charge in [-0.15, -0.1) is 6.58 Å². The summed E-state index contributed by atoms with van der Waals surface area (Å²) in [6.07, 6.45) is 2.51. The summed E-state index contributed by atoms with van der Waals surface area (Å²) in [5.74, 6) is -1.72. The van der Waals surface area contributed by atoms with Gasteiger partial charge in [0.05, 0.1) is 31.8 Å². The average molecular weight is 640 g/mol. The highest BCUT2D eigenvalue weighted by molar-refractivity contribution is 5.82. The highest BCUT2D eigenvalue weighted by Crippen LogP contribution is 2.44. The number of hydrogen-bond donors (Lipinski definition) is 1. The van der Waals surface area contributed by atoms with Crippen molar-refractivity contribution in [1.82, 2.24) is 5.32 Å². The van der Waals surface area contributed by atoms with Crippen molar-refractivity contribution in [2.45, 2.75) is 75.1 Å². The van der Waals surface area contributed by atoms with Crippen molar-refractivity contribution in [1.29, 1.82) is 0 Å². The van der Waals surface area contributed by atoms with E-state index in [1.54, 1.807) is 6.08 Å². The molecule has 9 nitrogen and oxygen atoms in total. The van der Waals surface area contributed by atoms with Gasteiger partial charge >= 0.3 is 12.1 Å². The molecule has 9 heteroatoms. The second-order valence-corrected chi connectivity index (χ2v) is 12.4. The van der Waals surface area contributed by atoms with Gasteiger partial charge in [0.15, 0.2) is 5.79 Å². The lowest BCUT2D eigenvalue weighted by Crippen LogP contribution is -2.52. The Morgan fingerprint density at radius 2 is 1.57 bits per heavy atom. The summed E-state index contributed by atoms with van der Waals surface area (Å²) < 4.78 is 29.7. The SMILES string of the molecule is C=CC[C@H](NC(=O)OCC1c2ccccc2-c2ccccc21)C(=O)OC[C@@H]1CCC[C@]2(CC(=O)C[C@@H](COCc3ccccc3)O2)O1. The highest BCUT2D eigenvalue weighted by Gasteiger charge is 2.46. The van der Waals surface area contributed by atoms with Crippen LogP contribution in [-0.4, -0.2) is 61.7 Å². The largest absolute Gasteiger partial charge is 0.461 e. The van der Waals surface area contributed by atoms with Crippen LogP contribution in [0.1, 0.15) is 61.1 Å². The second kappa shape index (κ2) is 15.1. The Morgan fingerprint density at radius 1 is 0.894 bits per heavy atom. The molecule has 1 amide bonds. The fraction of sp³-hybridized carbons (Fsp3) is 0.395. The number of amides is 1. The molecule has 0 bridgehead atoms. The van der Waals surface area contributed by atoms with E-state index in [4.69, 9.17) is 23.7 Å². The molecule has 47 heavy (non-hydrogen) atoms. The third-order valence-electron chi connectivity index (χ3n) is 8.92. The topological polar surface area (TPSA) is 109 Å². The first-order valence-corrected chi connectivity index (χ1v) is 16.3. The number of esters is 1. The van der Waals surface area contributed by atoms with Crippen LogP contribution in [0.4, 0.5) is 4.79 Å². The fourth-order valence-corrected chi connectivity index (χ4v) is 6.78. The summed E-state index contributed by atoms with van der Waals surface area (Å²) in [5, 5.41) is 2.65. The molecule has 2 saturated heterocycles. The fourth-order valence-electron chi connectivity index (χ4n) is 6.78. The minimum absolute atomic E-state index is 0.0344. The lowest BCUT2D eigenvalue weighted by molar-refractivity contribution is -0.313. The normalized spacial score (nSPS) is 22.6. The number of benzene rings is 3.